The molecule has 0 bridgehead atoms. The highest BCUT2D eigenvalue weighted by molar-refractivity contribution is 6.02. The Hall–Kier alpha value is -3.02. The Morgan fingerprint density at radius 2 is 2.20 bits per heavy atom. The van der Waals surface area contributed by atoms with Gasteiger partial charge in [0.1, 0.15) is 5.76 Å². The van der Waals surface area contributed by atoms with Crippen molar-refractivity contribution >= 4 is 28.8 Å². The molecule has 2 N–H and O–H groups in total. The van der Waals surface area contributed by atoms with Crippen LogP contribution in [0, 0.1) is 0 Å². The van der Waals surface area contributed by atoms with E-state index < -0.39 is 5.76 Å². The maximum atomic E-state index is 11.7. The molecular weight excluding hydrogens is 260 g/mol. The van der Waals surface area contributed by atoms with Crippen LogP contribution in [0.1, 0.15) is 5.76 Å². The molecule has 3 rings (SSSR count). The molecule has 1 aromatic carbocycles. The maximum Gasteiger partial charge on any atom is 0.417 e. The van der Waals surface area contributed by atoms with Gasteiger partial charge in [-0.3, -0.25) is 9.78 Å². The van der Waals surface area contributed by atoms with Crippen molar-refractivity contribution in [2.24, 2.45) is 0 Å². The Bertz CT molecular complexity index is 824. The van der Waals surface area contributed by atoms with Crippen molar-refractivity contribution in [1.82, 2.24) is 4.98 Å². The van der Waals surface area contributed by atoms with Crippen molar-refractivity contribution < 1.29 is 13.6 Å². The molecule has 0 saturated carbocycles. The zero-order valence-electron chi connectivity index (χ0n) is 10.3. The van der Waals surface area contributed by atoms with Gasteiger partial charge in [0.05, 0.1) is 11.8 Å². The third-order valence-corrected chi connectivity index (χ3v) is 2.63. The van der Waals surface area contributed by atoms with Gasteiger partial charge in [0.25, 0.3) is 0 Å². The third-order valence-electron chi connectivity index (χ3n) is 2.63. The number of hydrogen-bond acceptors (Lipinski definition) is 4. The van der Waals surface area contributed by atoms with E-state index in [1.807, 2.05) is 0 Å². The Labute approximate surface area is 112 Å². The van der Waals surface area contributed by atoms with Crippen molar-refractivity contribution in [1.29, 1.82) is 0 Å². The van der Waals surface area contributed by atoms with Crippen molar-refractivity contribution in [3.8, 4) is 0 Å². The van der Waals surface area contributed by atoms with Crippen LogP contribution >= 0.6 is 0 Å². The highest BCUT2D eigenvalue weighted by Crippen LogP contribution is 2.16. The van der Waals surface area contributed by atoms with Crippen LogP contribution in [0.4, 0.5) is 5.69 Å². The topological polar surface area (TPSA) is 88.2 Å². The minimum absolute atomic E-state index is 0.299. The van der Waals surface area contributed by atoms with Crippen LogP contribution in [0.15, 0.2) is 56.3 Å². The maximum absolute atomic E-state index is 11.7. The lowest BCUT2D eigenvalue weighted by atomic mass is 10.3. The lowest BCUT2D eigenvalue weighted by Crippen LogP contribution is -2.07. The largest absolute Gasteiger partial charge is 0.465 e. The predicted octanol–water partition coefficient (Wildman–Crippen LogP) is 2.37. The SMILES string of the molecule is O=C(/C=C/c1ccco1)Nc1ccc2oc(=O)[nH]c2c1. The third kappa shape index (κ3) is 2.54. The molecule has 0 fully saturated rings. The van der Waals surface area contributed by atoms with Crippen molar-refractivity contribution in [2.75, 3.05) is 5.32 Å². The Morgan fingerprint density at radius 1 is 1.30 bits per heavy atom. The Morgan fingerprint density at radius 3 is 3.00 bits per heavy atom. The summed E-state index contributed by atoms with van der Waals surface area (Å²) in [6, 6.07) is 8.36. The summed E-state index contributed by atoms with van der Waals surface area (Å²) in [7, 11) is 0. The number of hydrogen-bond donors (Lipinski definition) is 2. The van der Waals surface area contributed by atoms with E-state index in [4.69, 9.17) is 8.83 Å². The molecule has 1 amide bonds. The van der Waals surface area contributed by atoms with Crippen LogP contribution in [0.3, 0.4) is 0 Å². The van der Waals surface area contributed by atoms with E-state index in [1.54, 1.807) is 36.4 Å². The summed E-state index contributed by atoms with van der Waals surface area (Å²) in [5, 5.41) is 2.67. The van der Waals surface area contributed by atoms with Gasteiger partial charge in [-0.25, -0.2) is 4.79 Å². The lowest BCUT2D eigenvalue weighted by Gasteiger charge is -2.00. The second-order valence-electron chi connectivity index (χ2n) is 4.06. The molecule has 0 aliphatic heterocycles. The molecule has 0 spiro atoms. The number of oxazole rings is 1. The molecule has 20 heavy (non-hydrogen) atoms. The highest BCUT2D eigenvalue weighted by Gasteiger charge is 2.03. The van der Waals surface area contributed by atoms with E-state index in [2.05, 4.69) is 10.3 Å². The molecule has 100 valence electrons. The summed E-state index contributed by atoms with van der Waals surface area (Å²) in [6.07, 6.45) is 4.45. The number of aromatic nitrogens is 1. The fourth-order valence-corrected chi connectivity index (χ4v) is 1.76. The Kier molecular flexibility index (Phi) is 2.96. The van der Waals surface area contributed by atoms with E-state index in [1.165, 1.54) is 12.3 Å². The number of H-pyrrole nitrogens is 1. The van der Waals surface area contributed by atoms with E-state index in [0.717, 1.165) is 0 Å². The molecule has 0 atom stereocenters. The minimum Gasteiger partial charge on any atom is -0.465 e. The van der Waals surface area contributed by atoms with Crippen LogP contribution in [-0.2, 0) is 4.79 Å². The summed E-state index contributed by atoms with van der Waals surface area (Å²) >= 11 is 0. The molecule has 6 heteroatoms. The zero-order chi connectivity index (χ0) is 13.9. The van der Waals surface area contributed by atoms with Crippen LogP contribution in [0.25, 0.3) is 17.2 Å². The summed E-state index contributed by atoms with van der Waals surface area (Å²) in [6.45, 7) is 0. The van der Waals surface area contributed by atoms with Crippen molar-refractivity contribution in [2.45, 2.75) is 0 Å². The minimum atomic E-state index is -0.527. The number of carbonyl (C=O) groups is 1. The molecule has 0 unspecified atom stereocenters. The molecule has 0 radical (unpaired) electrons. The number of benzene rings is 1. The molecule has 0 saturated heterocycles. The quantitative estimate of drug-likeness (QED) is 0.715. The van der Waals surface area contributed by atoms with Gasteiger partial charge in [0, 0.05) is 11.8 Å². The number of aromatic amines is 1. The fraction of sp³-hybridized carbons (Fsp3) is 0. The molecular formula is C14H10N2O4. The van der Waals surface area contributed by atoms with Crippen LogP contribution in [-0.4, -0.2) is 10.9 Å². The summed E-state index contributed by atoms with van der Waals surface area (Å²) < 4.78 is 9.95. The number of fused-ring (bicyclic) bond motifs is 1. The number of nitrogens with one attached hydrogen (secondary N) is 2. The highest BCUT2D eigenvalue weighted by atomic mass is 16.4. The van der Waals surface area contributed by atoms with Gasteiger partial charge in [0.2, 0.25) is 5.91 Å². The van der Waals surface area contributed by atoms with E-state index in [0.29, 0.717) is 22.5 Å². The van der Waals surface area contributed by atoms with Gasteiger partial charge in [-0.15, -0.1) is 0 Å². The second-order valence-corrected chi connectivity index (χ2v) is 4.06. The second kappa shape index (κ2) is 4.93. The molecule has 6 nitrogen and oxygen atoms in total. The lowest BCUT2D eigenvalue weighted by molar-refractivity contribution is -0.111. The van der Waals surface area contributed by atoms with Gasteiger partial charge in [-0.1, -0.05) is 0 Å². The Balaban J connectivity index is 1.75. The fourth-order valence-electron chi connectivity index (χ4n) is 1.76. The van der Waals surface area contributed by atoms with E-state index in [-0.39, 0.29) is 5.91 Å². The molecule has 0 aliphatic rings. The van der Waals surface area contributed by atoms with Crippen LogP contribution < -0.4 is 11.1 Å². The normalized spacial score (nSPS) is 11.2. The number of anilines is 1. The average Bonchev–Trinajstić information content (AvgIpc) is 3.04. The first kappa shape index (κ1) is 12.0. The number of carbonyl (C=O) groups excluding carboxylic acids is 1. The predicted molar refractivity (Wildman–Crippen MR) is 73.2 cm³/mol. The van der Waals surface area contributed by atoms with Gasteiger partial charge < -0.3 is 14.2 Å². The zero-order valence-corrected chi connectivity index (χ0v) is 10.3. The molecule has 3 aromatic rings. The number of rotatable bonds is 3. The molecule has 2 aromatic heterocycles. The average molecular weight is 270 g/mol. The van der Waals surface area contributed by atoms with Gasteiger partial charge in [0.15, 0.2) is 5.58 Å². The first-order valence-corrected chi connectivity index (χ1v) is 5.86. The van der Waals surface area contributed by atoms with E-state index >= 15 is 0 Å². The molecule has 2 heterocycles. The van der Waals surface area contributed by atoms with Crippen molar-refractivity contribution in [3.63, 3.8) is 0 Å². The van der Waals surface area contributed by atoms with Gasteiger partial charge in [-0.2, -0.15) is 0 Å². The van der Waals surface area contributed by atoms with E-state index in [9.17, 15) is 9.59 Å². The van der Waals surface area contributed by atoms with Gasteiger partial charge >= 0.3 is 5.76 Å². The first-order valence-electron chi connectivity index (χ1n) is 5.86. The first-order chi connectivity index (χ1) is 9.70. The molecule has 0 aliphatic carbocycles. The summed E-state index contributed by atoms with van der Waals surface area (Å²) in [5.74, 6) is -0.234. The smallest absolute Gasteiger partial charge is 0.417 e. The van der Waals surface area contributed by atoms with Crippen LogP contribution in [0.2, 0.25) is 0 Å². The summed E-state index contributed by atoms with van der Waals surface area (Å²) in [4.78, 5) is 25.3. The number of amides is 1. The standard InChI is InChI=1S/C14H10N2O4/c17-13(6-4-10-2-1-7-19-10)15-9-3-5-12-11(8-9)16-14(18)20-12/h1-8H,(H,15,17)(H,16,18)/b6-4+. The number of furan rings is 1. The van der Waals surface area contributed by atoms with Crippen molar-refractivity contribution in [3.05, 3.63) is 59.0 Å². The summed E-state index contributed by atoms with van der Waals surface area (Å²) in [5.41, 5.74) is 1.53. The van der Waals surface area contributed by atoms with Crippen LogP contribution in [0.5, 0.6) is 0 Å². The van der Waals surface area contributed by atoms with Gasteiger partial charge in [-0.05, 0) is 36.4 Å². The monoisotopic (exact) mass is 270 g/mol.